The molecule has 7 nitrogen and oxygen atoms in total. The fraction of sp³-hybridized carbons (Fsp3) is 0.400. The number of methoxy groups -OCH3 is 1. The van der Waals surface area contributed by atoms with E-state index < -0.39 is 6.04 Å². The number of carbonyl (C=O) groups excluding carboxylic acids is 3. The number of nitrogens with zero attached hydrogens (tertiary/aromatic N) is 3. The quantitative estimate of drug-likeness (QED) is 0.675. The van der Waals surface area contributed by atoms with Crippen LogP contribution >= 0.6 is 0 Å². The molecule has 2 aliphatic rings. The van der Waals surface area contributed by atoms with E-state index in [-0.39, 0.29) is 23.6 Å². The summed E-state index contributed by atoms with van der Waals surface area (Å²) in [6, 6.07) is 13.9. The number of fused-ring (bicyclic) bond motifs is 1. The summed E-state index contributed by atoms with van der Waals surface area (Å²) in [6.45, 7) is 6.41. The minimum Gasteiger partial charge on any atom is -0.497 e. The van der Waals surface area contributed by atoms with Crippen LogP contribution < -0.4 is 9.64 Å². The van der Waals surface area contributed by atoms with E-state index in [9.17, 15) is 14.4 Å². The summed E-state index contributed by atoms with van der Waals surface area (Å²) in [5, 5.41) is 0. The van der Waals surface area contributed by atoms with Crippen molar-refractivity contribution in [1.29, 1.82) is 0 Å². The largest absolute Gasteiger partial charge is 0.497 e. The van der Waals surface area contributed by atoms with Crippen LogP contribution in [0.5, 0.6) is 5.75 Å². The summed E-state index contributed by atoms with van der Waals surface area (Å²) in [5.41, 5.74) is 1.83. The number of anilines is 1. The number of hydrogen-bond donors (Lipinski definition) is 0. The molecule has 2 aromatic carbocycles. The number of carbonyl (C=O) groups is 3. The molecular weight excluding hydrogens is 406 g/mol. The Balaban J connectivity index is 1.50. The summed E-state index contributed by atoms with van der Waals surface area (Å²) in [7, 11) is 1.64. The van der Waals surface area contributed by atoms with Gasteiger partial charge in [0, 0.05) is 31.9 Å². The lowest BCUT2D eigenvalue weighted by Gasteiger charge is -2.33. The molecule has 0 aliphatic carbocycles. The number of rotatable bonds is 5. The molecular formula is C25H29N3O4. The average molecular weight is 436 g/mol. The highest BCUT2D eigenvalue weighted by atomic mass is 16.5. The van der Waals surface area contributed by atoms with Crippen LogP contribution in [0.15, 0.2) is 48.5 Å². The van der Waals surface area contributed by atoms with Gasteiger partial charge in [0.25, 0.3) is 11.8 Å². The van der Waals surface area contributed by atoms with Gasteiger partial charge < -0.3 is 14.5 Å². The standard InChI is InChI=1S/C25H29N3O4/c1-17(2)22(28-23(29)20-7-4-5-8-21(20)24(28)30)25(31)27-14-6-13-26(15-16-27)18-9-11-19(32-3)12-10-18/h4-5,7-12,17,22H,6,13-16H2,1-3H3. The van der Waals surface area contributed by atoms with E-state index in [2.05, 4.69) is 4.90 Å². The van der Waals surface area contributed by atoms with Crippen LogP contribution in [-0.4, -0.2) is 66.9 Å². The zero-order chi connectivity index (χ0) is 22.8. The lowest BCUT2D eigenvalue weighted by atomic mass is 10.0. The van der Waals surface area contributed by atoms with E-state index in [0.29, 0.717) is 30.8 Å². The van der Waals surface area contributed by atoms with Gasteiger partial charge in [-0.15, -0.1) is 0 Å². The minimum atomic E-state index is -0.810. The molecule has 32 heavy (non-hydrogen) atoms. The first-order valence-electron chi connectivity index (χ1n) is 11.1. The summed E-state index contributed by atoms with van der Waals surface area (Å²) in [6.07, 6.45) is 0.810. The number of ether oxygens (including phenoxy) is 1. The van der Waals surface area contributed by atoms with Gasteiger partial charge in [0.1, 0.15) is 11.8 Å². The van der Waals surface area contributed by atoms with E-state index in [1.807, 2.05) is 38.1 Å². The zero-order valence-electron chi connectivity index (χ0n) is 18.8. The Morgan fingerprint density at radius 2 is 1.50 bits per heavy atom. The minimum absolute atomic E-state index is 0.161. The molecule has 168 valence electrons. The lowest BCUT2D eigenvalue weighted by Crippen LogP contribution is -2.54. The molecule has 2 heterocycles. The van der Waals surface area contributed by atoms with E-state index in [1.165, 1.54) is 4.90 Å². The number of amides is 3. The third-order valence-electron chi connectivity index (χ3n) is 6.23. The molecule has 1 saturated heterocycles. The van der Waals surface area contributed by atoms with Crippen LogP contribution in [0.3, 0.4) is 0 Å². The highest BCUT2D eigenvalue weighted by Gasteiger charge is 2.45. The molecule has 0 radical (unpaired) electrons. The maximum atomic E-state index is 13.6. The summed E-state index contributed by atoms with van der Waals surface area (Å²) >= 11 is 0. The second kappa shape index (κ2) is 9.02. The molecule has 4 rings (SSSR count). The number of hydrogen-bond acceptors (Lipinski definition) is 5. The predicted octanol–water partition coefficient (Wildman–Crippen LogP) is 3.05. The molecule has 1 unspecified atom stereocenters. The number of imide groups is 1. The Kier molecular flexibility index (Phi) is 6.17. The number of benzene rings is 2. The summed E-state index contributed by atoms with van der Waals surface area (Å²) in [5.74, 6) is -0.308. The zero-order valence-corrected chi connectivity index (χ0v) is 18.8. The summed E-state index contributed by atoms with van der Waals surface area (Å²) < 4.78 is 5.24. The Hall–Kier alpha value is -3.35. The van der Waals surface area contributed by atoms with Gasteiger partial charge in [-0.25, -0.2) is 0 Å². The molecule has 7 heteroatoms. The molecule has 3 amide bonds. The van der Waals surface area contributed by atoms with Gasteiger partial charge in [-0.05, 0) is 48.7 Å². The summed E-state index contributed by atoms with van der Waals surface area (Å²) in [4.78, 5) is 44.8. The van der Waals surface area contributed by atoms with Crippen LogP contribution in [0.25, 0.3) is 0 Å². The van der Waals surface area contributed by atoms with Gasteiger partial charge in [-0.3, -0.25) is 19.3 Å². The van der Waals surface area contributed by atoms with E-state index >= 15 is 0 Å². The van der Waals surface area contributed by atoms with Crippen molar-refractivity contribution in [2.24, 2.45) is 5.92 Å². The Labute approximate surface area is 188 Å². The monoisotopic (exact) mass is 435 g/mol. The van der Waals surface area contributed by atoms with Crippen molar-refractivity contribution in [3.8, 4) is 5.75 Å². The van der Waals surface area contributed by atoms with Crippen molar-refractivity contribution in [3.63, 3.8) is 0 Å². The first-order valence-corrected chi connectivity index (χ1v) is 11.1. The van der Waals surface area contributed by atoms with Gasteiger partial charge in [-0.2, -0.15) is 0 Å². The normalized spacial score (nSPS) is 17.4. The maximum Gasteiger partial charge on any atom is 0.262 e. The maximum absolute atomic E-state index is 13.6. The van der Waals surface area contributed by atoms with E-state index in [0.717, 1.165) is 24.4 Å². The Morgan fingerprint density at radius 3 is 2.06 bits per heavy atom. The van der Waals surface area contributed by atoms with Crippen LogP contribution in [0, 0.1) is 5.92 Å². The molecule has 0 saturated carbocycles. The third-order valence-corrected chi connectivity index (χ3v) is 6.23. The predicted molar refractivity (Wildman–Crippen MR) is 122 cm³/mol. The van der Waals surface area contributed by atoms with Crippen LogP contribution in [-0.2, 0) is 4.79 Å². The molecule has 2 aliphatic heterocycles. The van der Waals surface area contributed by atoms with Crippen molar-refractivity contribution < 1.29 is 19.1 Å². The second-order valence-electron chi connectivity index (χ2n) is 8.58. The van der Waals surface area contributed by atoms with Gasteiger partial charge >= 0.3 is 0 Å². The van der Waals surface area contributed by atoms with Gasteiger partial charge in [-0.1, -0.05) is 26.0 Å². The van der Waals surface area contributed by atoms with Crippen molar-refractivity contribution in [2.45, 2.75) is 26.3 Å². The highest BCUT2D eigenvalue weighted by Crippen LogP contribution is 2.28. The fourth-order valence-corrected chi connectivity index (χ4v) is 4.53. The van der Waals surface area contributed by atoms with Crippen molar-refractivity contribution in [2.75, 3.05) is 38.2 Å². The molecule has 1 atom stereocenters. The van der Waals surface area contributed by atoms with Gasteiger partial charge in [0.05, 0.1) is 18.2 Å². The van der Waals surface area contributed by atoms with Gasteiger partial charge in [0.15, 0.2) is 0 Å². The van der Waals surface area contributed by atoms with E-state index in [1.54, 1.807) is 36.3 Å². The third kappa shape index (κ3) is 3.95. The van der Waals surface area contributed by atoms with Crippen molar-refractivity contribution in [3.05, 3.63) is 59.7 Å². The van der Waals surface area contributed by atoms with Crippen LogP contribution in [0.2, 0.25) is 0 Å². The fourth-order valence-electron chi connectivity index (χ4n) is 4.53. The molecule has 2 aromatic rings. The highest BCUT2D eigenvalue weighted by molar-refractivity contribution is 6.22. The van der Waals surface area contributed by atoms with Crippen LogP contribution in [0.1, 0.15) is 41.0 Å². The lowest BCUT2D eigenvalue weighted by molar-refractivity contribution is -0.136. The SMILES string of the molecule is COc1ccc(N2CCCN(C(=O)C(C(C)C)N3C(=O)c4ccccc4C3=O)CC2)cc1. The molecule has 0 N–H and O–H groups in total. The van der Waals surface area contributed by atoms with Crippen LogP contribution in [0.4, 0.5) is 5.69 Å². The van der Waals surface area contributed by atoms with Crippen molar-refractivity contribution in [1.82, 2.24) is 9.80 Å². The smallest absolute Gasteiger partial charge is 0.262 e. The Morgan fingerprint density at radius 1 is 0.875 bits per heavy atom. The molecule has 0 bridgehead atoms. The van der Waals surface area contributed by atoms with Crippen molar-refractivity contribution >= 4 is 23.4 Å². The molecule has 0 aromatic heterocycles. The average Bonchev–Trinajstić information content (AvgIpc) is 2.96. The first-order chi connectivity index (χ1) is 15.4. The van der Waals surface area contributed by atoms with E-state index in [4.69, 9.17) is 4.74 Å². The second-order valence-corrected chi connectivity index (χ2v) is 8.58. The molecule has 0 spiro atoms. The first kappa shape index (κ1) is 21.9. The Bertz CT molecular complexity index is 983. The van der Waals surface area contributed by atoms with Gasteiger partial charge in [0.2, 0.25) is 5.91 Å². The molecule has 1 fully saturated rings. The topological polar surface area (TPSA) is 70.2 Å².